The van der Waals surface area contributed by atoms with E-state index in [1.165, 1.54) is 18.7 Å². The van der Waals surface area contributed by atoms with E-state index in [0.29, 0.717) is 37.8 Å². The highest BCUT2D eigenvalue weighted by molar-refractivity contribution is 5.98. The third-order valence-electron chi connectivity index (χ3n) is 13.0. The van der Waals surface area contributed by atoms with Crippen LogP contribution in [-0.2, 0) is 54.4 Å². The summed E-state index contributed by atoms with van der Waals surface area (Å²) in [6.45, 7) is 11.3. The molecule has 22 nitrogen and oxygen atoms in total. The number of ketones is 1. The number of aliphatic hydroxyl groups is 2. The molecule has 22 heteroatoms. The number of unbranched alkanes of at least 4 members (excludes halogenated alkanes) is 6. The molecule has 2 rings (SSSR count). The van der Waals surface area contributed by atoms with Crippen LogP contribution in [0.4, 0.5) is 0 Å². The fraction of sp³-hybridized carbons (Fsp3) is 0.698. The van der Waals surface area contributed by atoms with Gasteiger partial charge in [-0.3, -0.25) is 43.2 Å². The standard InChI is InChI=1S/C53H88N10O12/c1-8-9-10-11-12-16-24-43(67)56-41(31-64)49(71)60-40(30-36-20-14-13-15-21-36)53(75)63-28-19-23-42(63)50(72)61-44(33(4)5)51(73)62-45(35(7)66)52(74)59-39(29-32(2)3)48(70)58-38(26-25-34(6)65)47(69)57-37(46(55)68)22-17-18-27-54/h13-15,20-21,32-33,35,37-42,44-45,64,66H,8-12,16-19,22-31,54H2,1-7H3,(H2,55,68)(H,56,67)(H,57,69)(H,58,70)(H,59,74)(H,60,71)(H,61,72)(H,62,73)/t35-,37+,38+,39+,40+,41+,42+,44+,45+/m1/s1. The largest absolute Gasteiger partial charge is 0.394 e. The summed E-state index contributed by atoms with van der Waals surface area (Å²) in [7, 11) is 0. The molecule has 1 aromatic carbocycles. The van der Waals surface area contributed by atoms with Crippen LogP contribution in [0.3, 0.4) is 0 Å². The van der Waals surface area contributed by atoms with Crippen molar-refractivity contribution in [2.24, 2.45) is 23.3 Å². The van der Waals surface area contributed by atoms with Gasteiger partial charge in [0.1, 0.15) is 54.1 Å². The van der Waals surface area contributed by atoms with Crippen molar-refractivity contribution >= 4 is 58.9 Å². The average molecular weight is 1060 g/mol. The Balaban J connectivity index is 2.28. The number of aliphatic hydroxyl groups excluding tert-OH is 2. The molecule has 1 aromatic rings. The lowest BCUT2D eigenvalue weighted by atomic mass is 9.99. The molecule has 0 bridgehead atoms. The van der Waals surface area contributed by atoms with E-state index >= 15 is 0 Å². The van der Waals surface area contributed by atoms with Gasteiger partial charge in [0.05, 0.1) is 12.7 Å². The molecule has 0 aliphatic carbocycles. The maximum Gasteiger partial charge on any atom is 0.246 e. The van der Waals surface area contributed by atoms with Crippen LogP contribution in [0.1, 0.15) is 150 Å². The van der Waals surface area contributed by atoms with E-state index in [0.717, 1.165) is 32.1 Å². The van der Waals surface area contributed by atoms with Crippen molar-refractivity contribution in [3.8, 4) is 0 Å². The van der Waals surface area contributed by atoms with Crippen LogP contribution < -0.4 is 48.7 Å². The van der Waals surface area contributed by atoms with E-state index in [9.17, 15) is 58.2 Å². The van der Waals surface area contributed by atoms with Gasteiger partial charge in [-0.25, -0.2) is 0 Å². The second kappa shape index (κ2) is 34.5. The zero-order chi connectivity index (χ0) is 56.2. The summed E-state index contributed by atoms with van der Waals surface area (Å²) in [5, 5.41) is 39.2. The molecule has 0 saturated carbocycles. The maximum absolute atomic E-state index is 14.4. The molecule has 1 heterocycles. The SMILES string of the molecule is CCCCCCCCC(=O)N[C@@H](CO)C(=O)N[C@@H](Cc1ccccc1)C(=O)N1CCC[C@H]1C(=O)N[C@H](C(=O)N[C@H](C(=O)N[C@@H](CC(C)C)C(=O)N[C@@H](CCC(C)=O)C(=O)N[C@@H](CCCCN)C(N)=O)[C@@H](C)O)C(C)C. The number of hydrogen-bond acceptors (Lipinski definition) is 13. The van der Waals surface area contributed by atoms with Crippen LogP contribution in [0.25, 0.3) is 0 Å². The molecular weight excluding hydrogens is 969 g/mol. The summed E-state index contributed by atoms with van der Waals surface area (Å²) in [5.41, 5.74) is 11.8. The number of Topliss-reactive ketones (excluding diaryl/α,β-unsaturated/α-hetero) is 1. The van der Waals surface area contributed by atoms with Gasteiger partial charge in [-0.1, -0.05) is 97.1 Å². The van der Waals surface area contributed by atoms with Crippen molar-refractivity contribution in [3.05, 3.63) is 35.9 Å². The molecule has 1 saturated heterocycles. The molecule has 0 aromatic heterocycles. The van der Waals surface area contributed by atoms with E-state index in [1.54, 1.807) is 58.0 Å². The number of nitrogens with two attached hydrogens (primary N) is 2. The van der Waals surface area contributed by atoms with Gasteiger partial charge >= 0.3 is 0 Å². The number of benzene rings is 1. The van der Waals surface area contributed by atoms with E-state index in [2.05, 4.69) is 44.1 Å². The summed E-state index contributed by atoms with van der Waals surface area (Å²) in [4.78, 5) is 136. The van der Waals surface area contributed by atoms with Gasteiger partial charge in [-0.15, -0.1) is 0 Å². The van der Waals surface area contributed by atoms with Crippen molar-refractivity contribution in [1.29, 1.82) is 0 Å². The number of nitrogens with zero attached hydrogens (tertiary/aromatic N) is 1. The lowest BCUT2D eigenvalue weighted by Gasteiger charge is -2.32. The first-order valence-electron chi connectivity index (χ1n) is 26.8. The first kappa shape index (κ1) is 65.1. The number of carbonyl (C=O) groups is 10. The summed E-state index contributed by atoms with van der Waals surface area (Å²) < 4.78 is 0. The number of rotatable bonds is 36. The number of amides is 9. The Hall–Kier alpha value is -6.00. The quantitative estimate of drug-likeness (QED) is 0.0407. The van der Waals surface area contributed by atoms with Crippen LogP contribution in [0, 0.1) is 11.8 Å². The van der Waals surface area contributed by atoms with Crippen LogP contribution in [0.2, 0.25) is 0 Å². The molecular formula is C53H88N10O12. The molecule has 0 spiro atoms. The summed E-state index contributed by atoms with van der Waals surface area (Å²) in [5.74, 6) is -7.78. The van der Waals surface area contributed by atoms with Gasteiger partial charge in [0.2, 0.25) is 53.2 Å². The Morgan fingerprint density at radius 3 is 1.83 bits per heavy atom. The van der Waals surface area contributed by atoms with Gasteiger partial charge in [0, 0.05) is 25.8 Å². The molecule has 9 atom stereocenters. The van der Waals surface area contributed by atoms with Crippen molar-refractivity contribution in [3.63, 3.8) is 0 Å². The molecule has 0 radical (unpaired) electrons. The zero-order valence-electron chi connectivity index (χ0n) is 45.3. The Kier molecular flexibility index (Phi) is 30.0. The Morgan fingerprint density at radius 2 is 1.24 bits per heavy atom. The molecule has 9 amide bonds. The smallest absolute Gasteiger partial charge is 0.246 e. The summed E-state index contributed by atoms with van der Waals surface area (Å²) in [6.07, 6.45) is 6.03. The predicted molar refractivity (Wildman–Crippen MR) is 281 cm³/mol. The number of hydrogen-bond donors (Lipinski definition) is 11. The van der Waals surface area contributed by atoms with Crippen LogP contribution in [0.15, 0.2) is 30.3 Å². The highest BCUT2D eigenvalue weighted by Crippen LogP contribution is 2.21. The van der Waals surface area contributed by atoms with E-state index in [4.69, 9.17) is 11.5 Å². The first-order valence-corrected chi connectivity index (χ1v) is 26.8. The minimum atomic E-state index is -1.66. The number of primary amides is 1. The molecule has 0 unspecified atom stereocenters. The van der Waals surface area contributed by atoms with Gasteiger partial charge in [0.15, 0.2) is 0 Å². The fourth-order valence-electron chi connectivity index (χ4n) is 8.69. The Labute approximate surface area is 442 Å². The molecule has 422 valence electrons. The topological polar surface area (TPSA) is 351 Å². The summed E-state index contributed by atoms with van der Waals surface area (Å²) >= 11 is 0. The predicted octanol–water partition coefficient (Wildman–Crippen LogP) is 0.423. The number of nitrogens with one attached hydrogen (secondary N) is 7. The average Bonchev–Trinajstić information content (AvgIpc) is 3.85. The van der Waals surface area contributed by atoms with Crippen molar-refractivity contribution in [2.45, 2.75) is 206 Å². The third kappa shape index (κ3) is 23.6. The minimum Gasteiger partial charge on any atom is -0.394 e. The first-order chi connectivity index (χ1) is 35.5. The number of likely N-dealkylation sites (tertiary alicyclic amines) is 1. The maximum atomic E-state index is 14.4. The van der Waals surface area contributed by atoms with Crippen molar-refractivity contribution in [2.75, 3.05) is 19.7 Å². The van der Waals surface area contributed by atoms with Crippen LogP contribution >= 0.6 is 0 Å². The Bertz CT molecular complexity index is 2020. The molecule has 75 heavy (non-hydrogen) atoms. The van der Waals surface area contributed by atoms with E-state index in [1.807, 2.05) is 0 Å². The third-order valence-corrected chi connectivity index (χ3v) is 13.0. The Morgan fingerprint density at radius 1 is 0.653 bits per heavy atom. The monoisotopic (exact) mass is 1060 g/mol. The fourth-order valence-corrected chi connectivity index (χ4v) is 8.69. The van der Waals surface area contributed by atoms with E-state index < -0.39 is 120 Å². The second-order valence-corrected chi connectivity index (χ2v) is 20.5. The normalized spacial score (nSPS) is 16.5. The van der Waals surface area contributed by atoms with Gasteiger partial charge in [0.25, 0.3) is 0 Å². The highest BCUT2D eigenvalue weighted by Gasteiger charge is 2.41. The lowest BCUT2D eigenvalue weighted by molar-refractivity contribution is -0.143. The zero-order valence-corrected chi connectivity index (χ0v) is 45.3. The van der Waals surface area contributed by atoms with Crippen molar-refractivity contribution < 1.29 is 58.2 Å². The molecule has 1 fully saturated rings. The number of carbonyl (C=O) groups excluding carboxylic acids is 10. The van der Waals surface area contributed by atoms with Crippen LogP contribution in [-0.4, -0.2) is 148 Å². The summed E-state index contributed by atoms with van der Waals surface area (Å²) in [6, 6.07) is -1.45. The van der Waals surface area contributed by atoms with Gasteiger partial charge in [-0.05, 0) is 89.2 Å². The molecule has 13 N–H and O–H groups in total. The van der Waals surface area contributed by atoms with Crippen LogP contribution in [0.5, 0.6) is 0 Å². The van der Waals surface area contributed by atoms with E-state index in [-0.39, 0.29) is 63.2 Å². The second-order valence-electron chi connectivity index (χ2n) is 20.5. The van der Waals surface area contributed by atoms with Gasteiger partial charge < -0.3 is 68.6 Å². The molecule has 1 aliphatic rings. The van der Waals surface area contributed by atoms with Gasteiger partial charge in [-0.2, -0.15) is 0 Å². The lowest BCUT2D eigenvalue weighted by Crippen LogP contribution is -2.62. The molecule has 1 aliphatic heterocycles. The minimum absolute atomic E-state index is 0.0166. The van der Waals surface area contributed by atoms with Crippen molar-refractivity contribution in [1.82, 2.24) is 42.1 Å². The highest BCUT2D eigenvalue weighted by atomic mass is 16.3.